The number of fused-ring (bicyclic) bond motifs is 1. The van der Waals surface area contributed by atoms with Gasteiger partial charge in [-0.15, -0.1) is 0 Å². The van der Waals surface area contributed by atoms with Gasteiger partial charge in [0.05, 0.1) is 10.6 Å². The normalized spacial score (nSPS) is 14.4. The highest BCUT2D eigenvalue weighted by molar-refractivity contribution is 7.90. The number of nitrogens with zero attached hydrogens (tertiary/aromatic N) is 1. The van der Waals surface area contributed by atoms with Crippen LogP contribution in [-0.4, -0.2) is 27.0 Å². The number of sulfone groups is 1. The van der Waals surface area contributed by atoms with Crippen LogP contribution < -0.4 is 4.90 Å². The lowest BCUT2D eigenvalue weighted by molar-refractivity contribution is 0.101. The van der Waals surface area contributed by atoms with Gasteiger partial charge in [-0.1, -0.05) is 12.1 Å². The van der Waals surface area contributed by atoms with Crippen molar-refractivity contribution in [1.82, 2.24) is 0 Å². The zero-order valence-corrected chi connectivity index (χ0v) is 14.4. The van der Waals surface area contributed by atoms with Crippen molar-refractivity contribution in [2.75, 3.05) is 17.7 Å². The van der Waals surface area contributed by atoms with Crippen LogP contribution in [0.25, 0.3) is 0 Å². The van der Waals surface area contributed by atoms with Crippen molar-refractivity contribution in [3.05, 3.63) is 58.9 Å². The number of carbonyl (C=O) groups excluding carboxylic acids is 1. The number of rotatable bonds is 3. The van der Waals surface area contributed by atoms with Gasteiger partial charge in [0.2, 0.25) is 0 Å². The summed E-state index contributed by atoms with van der Waals surface area (Å²) < 4.78 is 38.3. The summed E-state index contributed by atoms with van der Waals surface area (Å²) in [5.41, 5.74) is 2.42. The van der Waals surface area contributed by atoms with Crippen LogP contribution in [0.15, 0.2) is 41.3 Å². The molecule has 4 nitrogen and oxygen atoms in total. The van der Waals surface area contributed by atoms with E-state index in [9.17, 15) is 17.6 Å². The Balaban J connectivity index is 2.10. The monoisotopic (exact) mass is 347 g/mol. The summed E-state index contributed by atoms with van der Waals surface area (Å²) in [5, 5.41) is 0. The molecule has 0 aliphatic carbocycles. The second-order valence-corrected chi connectivity index (χ2v) is 8.04. The molecule has 0 aromatic heterocycles. The highest BCUT2D eigenvalue weighted by atomic mass is 32.2. The molecule has 126 valence electrons. The molecule has 0 atom stereocenters. The van der Waals surface area contributed by atoms with E-state index in [0.29, 0.717) is 29.8 Å². The largest absolute Gasteiger partial charge is 0.366 e. The standard InChI is InChI=1S/C18H18FNO3S/c1-12(21)14-6-7-18(24(2,22)23)17(10-14)20-9-8-13-4-3-5-16(19)15(13)11-20/h3-7,10H,8-9,11H2,1-2H3. The van der Waals surface area contributed by atoms with Gasteiger partial charge in [0.15, 0.2) is 15.6 Å². The molecular weight excluding hydrogens is 329 g/mol. The van der Waals surface area contributed by atoms with Crippen molar-refractivity contribution < 1.29 is 17.6 Å². The van der Waals surface area contributed by atoms with E-state index < -0.39 is 9.84 Å². The van der Waals surface area contributed by atoms with Crippen molar-refractivity contribution in [3.63, 3.8) is 0 Å². The molecular formula is C18H18FNO3S. The Bertz CT molecular complexity index is 922. The molecule has 2 aromatic carbocycles. The second-order valence-electron chi connectivity index (χ2n) is 6.06. The smallest absolute Gasteiger partial charge is 0.177 e. The van der Waals surface area contributed by atoms with Gasteiger partial charge in [-0.2, -0.15) is 0 Å². The number of hydrogen-bond acceptors (Lipinski definition) is 4. The van der Waals surface area contributed by atoms with Crippen molar-refractivity contribution >= 4 is 21.3 Å². The predicted molar refractivity (Wildman–Crippen MR) is 90.7 cm³/mol. The van der Waals surface area contributed by atoms with Crippen LogP contribution in [0.5, 0.6) is 0 Å². The molecule has 1 heterocycles. The molecule has 0 amide bonds. The number of carbonyl (C=O) groups is 1. The van der Waals surface area contributed by atoms with Crippen LogP contribution in [0.2, 0.25) is 0 Å². The summed E-state index contributed by atoms with van der Waals surface area (Å²) in [6.07, 6.45) is 1.76. The van der Waals surface area contributed by atoms with E-state index in [1.807, 2.05) is 11.0 Å². The molecule has 0 fully saturated rings. The molecule has 1 aliphatic heterocycles. The van der Waals surface area contributed by atoms with E-state index in [-0.39, 0.29) is 23.0 Å². The molecule has 3 rings (SSSR count). The third-order valence-corrected chi connectivity index (χ3v) is 5.47. The summed E-state index contributed by atoms with van der Waals surface area (Å²) in [7, 11) is -3.46. The highest BCUT2D eigenvalue weighted by Crippen LogP contribution is 2.32. The first kappa shape index (κ1) is 16.6. The topological polar surface area (TPSA) is 54.5 Å². The second kappa shape index (κ2) is 6.02. The summed E-state index contributed by atoms with van der Waals surface area (Å²) in [4.78, 5) is 13.7. The van der Waals surface area contributed by atoms with E-state index in [1.54, 1.807) is 12.1 Å². The maximum Gasteiger partial charge on any atom is 0.177 e. The van der Waals surface area contributed by atoms with E-state index >= 15 is 0 Å². The Labute approximate surface area is 140 Å². The predicted octanol–water partition coefficient (Wildman–Crippen LogP) is 2.99. The number of Topliss-reactive ketones (excluding diaryl/α,β-unsaturated/α-hetero) is 1. The fraction of sp³-hybridized carbons (Fsp3) is 0.278. The van der Waals surface area contributed by atoms with Gasteiger partial charge >= 0.3 is 0 Å². The Kier molecular flexibility index (Phi) is 4.17. The maximum atomic E-state index is 14.1. The third-order valence-electron chi connectivity index (χ3n) is 4.32. The molecule has 0 saturated carbocycles. The number of ketones is 1. The van der Waals surface area contributed by atoms with Gasteiger partial charge in [-0.25, -0.2) is 12.8 Å². The van der Waals surface area contributed by atoms with Crippen LogP contribution in [-0.2, 0) is 22.8 Å². The average molecular weight is 347 g/mol. The third kappa shape index (κ3) is 3.06. The van der Waals surface area contributed by atoms with Crippen LogP contribution in [0, 0.1) is 5.82 Å². The Hall–Kier alpha value is -2.21. The zero-order valence-electron chi connectivity index (χ0n) is 13.5. The van der Waals surface area contributed by atoms with Gasteiger partial charge in [-0.3, -0.25) is 4.79 Å². The molecule has 0 bridgehead atoms. The maximum absolute atomic E-state index is 14.1. The van der Waals surface area contributed by atoms with E-state index in [2.05, 4.69) is 0 Å². The van der Waals surface area contributed by atoms with Gasteiger partial charge in [0.1, 0.15) is 5.82 Å². The molecule has 0 spiro atoms. The van der Waals surface area contributed by atoms with Crippen molar-refractivity contribution in [1.29, 1.82) is 0 Å². The molecule has 24 heavy (non-hydrogen) atoms. The van der Waals surface area contributed by atoms with Crippen LogP contribution in [0.3, 0.4) is 0 Å². The lowest BCUT2D eigenvalue weighted by Crippen LogP contribution is -2.32. The summed E-state index contributed by atoms with van der Waals surface area (Å²) in [5.74, 6) is -0.430. The van der Waals surface area contributed by atoms with Gasteiger partial charge in [0, 0.05) is 30.5 Å². The number of halogens is 1. The molecule has 0 unspecified atom stereocenters. The van der Waals surface area contributed by atoms with Crippen molar-refractivity contribution in [3.8, 4) is 0 Å². The van der Waals surface area contributed by atoms with Crippen LogP contribution in [0.4, 0.5) is 10.1 Å². The first-order valence-corrected chi connectivity index (χ1v) is 9.53. The minimum atomic E-state index is -3.46. The SMILES string of the molecule is CC(=O)c1ccc(S(C)(=O)=O)c(N2CCc3cccc(F)c3C2)c1. The molecule has 1 aliphatic rings. The number of hydrogen-bond donors (Lipinski definition) is 0. The van der Waals surface area contributed by atoms with E-state index in [4.69, 9.17) is 0 Å². The minimum Gasteiger partial charge on any atom is -0.366 e. The lowest BCUT2D eigenvalue weighted by Gasteiger charge is -2.32. The Morgan fingerprint density at radius 3 is 2.62 bits per heavy atom. The Morgan fingerprint density at radius 2 is 1.96 bits per heavy atom. The number of anilines is 1. The highest BCUT2D eigenvalue weighted by Gasteiger charge is 2.24. The van der Waals surface area contributed by atoms with Crippen LogP contribution in [0.1, 0.15) is 28.4 Å². The average Bonchev–Trinajstić information content (AvgIpc) is 2.53. The van der Waals surface area contributed by atoms with E-state index in [0.717, 1.165) is 11.8 Å². The molecule has 0 radical (unpaired) electrons. The fourth-order valence-corrected chi connectivity index (χ4v) is 3.93. The summed E-state index contributed by atoms with van der Waals surface area (Å²) >= 11 is 0. The first-order chi connectivity index (χ1) is 11.3. The summed E-state index contributed by atoms with van der Waals surface area (Å²) in [6.45, 7) is 2.29. The van der Waals surface area contributed by atoms with Gasteiger partial charge < -0.3 is 4.90 Å². The van der Waals surface area contributed by atoms with Crippen molar-refractivity contribution in [2.24, 2.45) is 0 Å². The van der Waals surface area contributed by atoms with Crippen LogP contribution >= 0.6 is 0 Å². The quantitative estimate of drug-likeness (QED) is 0.801. The summed E-state index contributed by atoms with van der Waals surface area (Å²) in [6, 6.07) is 9.54. The molecule has 2 aromatic rings. The number of benzene rings is 2. The fourth-order valence-electron chi connectivity index (χ4n) is 3.04. The van der Waals surface area contributed by atoms with Gasteiger partial charge in [0.25, 0.3) is 0 Å². The lowest BCUT2D eigenvalue weighted by atomic mass is 9.98. The first-order valence-electron chi connectivity index (χ1n) is 7.63. The zero-order chi connectivity index (χ0) is 17.5. The van der Waals surface area contributed by atoms with E-state index in [1.165, 1.54) is 25.1 Å². The minimum absolute atomic E-state index is 0.139. The van der Waals surface area contributed by atoms with Gasteiger partial charge in [-0.05, 0) is 43.2 Å². The molecule has 6 heteroatoms. The Morgan fingerprint density at radius 1 is 1.21 bits per heavy atom. The molecule has 0 saturated heterocycles. The molecule has 0 N–H and O–H groups in total. The van der Waals surface area contributed by atoms with Crippen molar-refractivity contribution in [2.45, 2.75) is 24.8 Å².